The van der Waals surface area contributed by atoms with Gasteiger partial charge in [0, 0.05) is 0 Å². The van der Waals surface area contributed by atoms with E-state index in [0.29, 0.717) is 5.92 Å². The van der Waals surface area contributed by atoms with Crippen LogP contribution < -0.4 is 0 Å². The monoisotopic (exact) mass is 308 g/mol. The highest BCUT2D eigenvalue weighted by atomic mass is 14.2. The normalized spacial score (nSPS) is 12.4. The number of rotatable bonds is 7. The summed E-state index contributed by atoms with van der Waals surface area (Å²) in [7, 11) is 0. The Morgan fingerprint density at radius 2 is 1.57 bits per heavy atom. The second-order valence-electron chi connectivity index (χ2n) is 6.78. The summed E-state index contributed by atoms with van der Waals surface area (Å²) in [6.45, 7) is 11.6. The maximum absolute atomic E-state index is 2.51. The van der Waals surface area contributed by atoms with Crippen molar-refractivity contribution >= 4 is 0 Å². The fourth-order valence-corrected chi connectivity index (χ4v) is 3.57. The molecule has 1 unspecified atom stereocenters. The van der Waals surface area contributed by atoms with Gasteiger partial charge in [-0.3, -0.25) is 0 Å². The summed E-state index contributed by atoms with van der Waals surface area (Å²) in [5, 5.41) is 0. The fourth-order valence-electron chi connectivity index (χ4n) is 3.57. The minimum Gasteiger partial charge on any atom is -0.0651 e. The van der Waals surface area contributed by atoms with Gasteiger partial charge >= 0.3 is 0 Å². The molecule has 0 N–H and O–H groups in total. The summed E-state index contributed by atoms with van der Waals surface area (Å²) in [6.07, 6.45) is 5.99. The second kappa shape index (κ2) is 8.34. The Labute approximate surface area is 143 Å². The predicted molar refractivity (Wildman–Crippen MR) is 103 cm³/mol. The maximum atomic E-state index is 2.51. The largest absolute Gasteiger partial charge is 0.0651 e. The summed E-state index contributed by atoms with van der Waals surface area (Å²) in [5.74, 6) is 0.608. The van der Waals surface area contributed by atoms with E-state index in [4.69, 9.17) is 0 Å². The van der Waals surface area contributed by atoms with Crippen LogP contribution in [0.4, 0.5) is 0 Å². The van der Waals surface area contributed by atoms with Crippen LogP contribution >= 0.6 is 0 Å². The smallest absolute Gasteiger partial charge is 0.0114 e. The van der Waals surface area contributed by atoms with Gasteiger partial charge in [-0.15, -0.1) is 0 Å². The van der Waals surface area contributed by atoms with Crippen molar-refractivity contribution in [2.45, 2.75) is 72.6 Å². The molecule has 0 bridgehead atoms. The maximum Gasteiger partial charge on any atom is -0.0114 e. The van der Waals surface area contributed by atoms with Crippen LogP contribution in [0.15, 0.2) is 36.4 Å². The Morgan fingerprint density at radius 3 is 2.13 bits per heavy atom. The Balaban J connectivity index is 2.76. The molecule has 23 heavy (non-hydrogen) atoms. The molecule has 0 saturated heterocycles. The predicted octanol–water partition coefficient (Wildman–Crippen LogP) is 7.08. The van der Waals surface area contributed by atoms with Gasteiger partial charge < -0.3 is 0 Å². The van der Waals surface area contributed by atoms with E-state index in [1.807, 2.05) is 0 Å². The zero-order valence-corrected chi connectivity index (χ0v) is 15.6. The third-order valence-corrected chi connectivity index (χ3v) is 5.08. The van der Waals surface area contributed by atoms with E-state index in [0.717, 1.165) is 0 Å². The Kier molecular flexibility index (Phi) is 6.45. The van der Waals surface area contributed by atoms with Crippen LogP contribution in [0.1, 0.15) is 75.1 Å². The van der Waals surface area contributed by atoms with Gasteiger partial charge in [-0.2, -0.15) is 0 Å². The molecule has 2 aromatic rings. The van der Waals surface area contributed by atoms with Crippen LogP contribution in [0.3, 0.4) is 0 Å². The van der Waals surface area contributed by atoms with Crippen molar-refractivity contribution < 1.29 is 0 Å². The number of hydrogen-bond donors (Lipinski definition) is 0. The molecule has 0 fully saturated rings. The molecule has 0 aliphatic heterocycles. The molecule has 0 aliphatic rings. The Morgan fingerprint density at radius 1 is 0.913 bits per heavy atom. The molecule has 0 radical (unpaired) electrons. The zero-order chi connectivity index (χ0) is 16.8. The number of benzene rings is 2. The molecular formula is C23H32. The molecule has 0 heteroatoms. The van der Waals surface area contributed by atoms with Crippen molar-refractivity contribution in [3.8, 4) is 11.1 Å². The summed E-state index contributed by atoms with van der Waals surface area (Å²) in [6, 6.07) is 13.5. The molecule has 0 nitrogen and oxygen atoms in total. The molecule has 0 spiro atoms. The minimum atomic E-state index is 0.608. The van der Waals surface area contributed by atoms with Crippen molar-refractivity contribution in [2.24, 2.45) is 0 Å². The lowest BCUT2D eigenvalue weighted by Gasteiger charge is -2.24. The first-order chi connectivity index (χ1) is 11.1. The van der Waals surface area contributed by atoms with Crippen molar-refractivity contribution in [3.05, 3.63) is 58.7 Å². The Bertz CT molecular complexity index is 622. The highest BCUT2D eigenvalue weighted by molar-refractivity contribution is 5.74. The van der Waals surface area contributed by atoms with E-state index in [9.17, 15) is 0 Å². The van der Waals surface area contributed by atoms with Crippen molar-refractivity contribution in [2.75, 3.05) is 0 Å². The van der Waals surface area contributed by atoms with Gasteiger partial charge in [0.15, 0.2) is 0 Å². The molecule has 124 valence electrons. The summed E-state index contributed by atoms with van der Waals surface area (Å²) < 4.78 is 0. The van der Waals surface area contributed by atoms with Crippen molar-refractivity contribution in [1.82, 2.24) is 0 Å². The van der Waals surface area contributed by atoms with Gasteiger partial charge in [0.2, 0.25) is 0 Å². The van der Waals surface area contributed by atoms with Gasteiger partial charge in [-0.1, -0.05) is 76.9 Å². The van der Waals surface area contributed by atoms with Gasteiger partial charge in [-0.05, 0) is 65.5 Å². The molecule has 0 aromatic heterocycles. The zero-order valence-electron chi connectivity index (χ0n) is 15.6. The average Bonchev–Trinajstić information content (AvgIpc) is 2.58. The first-order valence-electron chi connectivity index (χ1n) is 9.34. The third kappa shape index (κ3) is 3.86. The molecule has 0 saturated carbocycles. The second-order valence-corrected chi connectivity index (χ2v) is 6.78. The van der Waals surface area contributed by atoms with Crippen LogP contribution in [-0.2, 0) is 12.8 Å². The number of aryl methyl sites for hydroxylation is 1. The fraction of sp³-hybridized carbons (Fsp3) is 0.478. The minimum absolute atomic E-state index is 0.608. The lowest BCUT2D eigenvalue weighted by Crippen LogP contribution is -2.06. The summed E-state index contributed by atoms with van der Waals surface area (Å²) in [5.41, 5.74) is 9.12. The van der Waals surface area contributed by atoms with E-state index < -0.39 is 0 Å². The molecule has 2 aromatic carbocycles. The van der Waals surface area contributed by atoms with E-state index in [-0.39, 0.29) is 0 Å². The van der Waals surface area contributed by atoms with E-state index in [1.54, 1.807) is 16.7 Å². The van der Waals surface area contributed by atoms with Gasteiger partial charge in [-0.25, -0.2) is 0 Å². The van der Waals surface area contributed by atoms with E-state index in [2.05, 4.69) is 71.0 Å². The van der Waals surface area contributed by atoms with Crippen LogP contribution in [0.5, 0.6) is 0 Å². The molecule has 0 heterocycles. The average molecular weight is 309 g/mol. The first kappa shape index (κ1) is 17.8. The SMILES string of the molecule is CCCc1cc(C(C)CC)c(-c2ccccc2)c(CCC)c1C. The van der Waals surface area contributed by atoms with Gasteiger partial charge in [0.1, 0.15) is 0 Å². The lowest BCUT2D eigenvalue weighted by molar-refractivity contribution is 0.729. The lowest BCUT2D eigenvalue weighted by atomic mass is 9.81. The molecule has 1 atom stereocenters. The highest BCUT2D eigenvalue weighted by Crippen LogP contribution is 2.38. The molecule has 0 aliphatic carbocycles. The first-order valence-corrected chi connectivity index (χ1v) is 9.34. The summed E-state index contributed by atoms with van der Waals surface area (Å²) in [4.78, 5) is 0. The van der Waals surface area contributed by atoms with Crippen molar-refractivity contribution in [3.63, 3.8) is 0 Å². The molecular weight excluding hydrogens is 276 g/mol. The number of hydrogen-bond acceptors (Lipinski definition) is 0. The quantitative estimate of drug-likeness (QED) is 0.512. The van der Waals surface area contributed by atoms with Crippen molar-refractivity contribution in [1.29, 1.82) is 0 Å². The van der Waals surface area contributed by atoms with Crippen LogP contribution in [0.2, 0.25) is 0 Å². The highest BCUT2D eigenvalue weighted by Gasteiger charge is 2.19. The van der Waals surface area contributed by atoms with Crippen LogP contribution in [-0.4, -0.2) is 0 Å². The van der Waals surface area contributed by atoms with Gasteiger partial charge in [0.25, 0.3) is 0 Å². The van der Waals surface area contributed by atoms with E-state index >= 15 is 0 Å². The third-order valence-electron chi connectivity index (χ3n) is 5.08. The Hall–Kier alpha value is -1.56. The standard InChI is InChI=1S/C23H32/c1-6-12-20-16-22(17(4)8-3)23(19-14-10-9-11-15-19)21(13-7-2)18(20)5/h9-11,14-17H,6-8,12-13H2,1-5H3. The van der Waals surface area contributed by atoms with E-state index in [1.165, 1.54) is 48.8 Å². The summed E-state index contributed by atoms with van der Waals surface area (Å²) >= 11 is 0. The van der Waals surface area contributed by atoms with Gasteiger partial charge in [0.05, 0.1) is 0 Å². The molecule has 0 amide bonds. The molecule has 2 rings (SSSR count). The van der Waals surface area contributed by atoms with Crippen LogP contribution in [0, 0.1) is 6.92 Å². The topological polar surface area (TPSA) is 0 Å². The van der Waals surface area contributed by atoms with Crippen LogP contribution in [0.25, 0.3) is 11.1 Å².